The largest absolute Gasteiger partial charge is 0.359 e. The van der Waals surface area contributed by atoms with Gasteiger partial charge in [0.2, 0.25) is 0 Å². The summed E-state index contributed by atoms with van der Waals surface area (Å²) in [6.07, 6.45) is 1.83. The van der Waals surface area contributed by atoms with Gasteiger partial charge in [-0.3, -0.25) is 0 Å². The summed E-state index contributed by atoms with van der Waals surface area (Å²) >= 11 is 3.37. The normalized spacial score (nSPS) is 11.5. The Hall–Kier alpha value is -0.570. The van der Waals surface area contributed by atoms with E-state index in [1.165, 1.54) is 0 Å². The molecule has 0 bridgehead atoms. The molecule has 0 aromatic carbocycles. The topological polar surface area (TPSA) is 16.1 Å². The van der Waals surface area contributed by atoms with Gasteiger partial charge in [0.05, 0.1) is 0 Å². The van der Waals surface area contributed by atoms with Gasteiger partial charge in [0.15, 0.2) is 0 Å². The van der Waals surface area contributed by atoms with Crippen LogP contribution in [0, 0.1) is 5.41 Å². The average molecular weight is 257 g/mol. The van der Waals surface area contributed by atoms with Crippen LogP contribution in [-0.2, 0) is 0 Å². The van der Waals surface area contributed by atoms with Gasteiger partial charge >= 0.3 is 0 Å². The molecule has 3 heteroatoms. The Bertz CT molecular complexity index is 287. The fraction of sp³-hybridized carbons (Fsp3) is 0.545. The molecular weight excluding hydrogens is 240 g/mol. The first-order chi connectivity index (χ1) is 6.38. The van der Waals surface area contributed by atoms with Crippen LogP contribution in [0.3, 0.4) is 0 Å². The summed E-state index contributed by atoms with van der Waals surface area (Å²) in [5, 5.41) is 0. The molecule has 1 aromatic heterocycles. The summed E-state index contributed by atoms with van der Waals surface area (Å²) in [5.74, 6) is 1.02. The molecule has 0 aliphatic rings. The van der Waals surface area contributed by atoms with Crippen molar-refractivity contribution in [2.24, 2.45) is 5.41 Å². The van der Waals surface area contributed by atoms with Gasteiger partial charge < -0.3 is 4.90 Å². The summed E-state index contributed by atoms with van der Waals surface area (Å²) in [4.78, 5) is 6.51. The van der Waals surface area contributed by atoms with Crippen LogP contribution in [0.25, 0.3) is 0 Å². The summed E-state index contributed by atoms with van der Waals surface area (Å²) in [6, 6.07) is 4.04. The lowest BCUT2D eigenvalue weighted by atomic mass is 9.96. The average Bonchev–Trinajstić information content (AvgIpc) is 2.02. The fourth-order valence-electron chi connectivity index (χ4n) is 1.39. The highest BCUT2D eigenvalue weighted by atomic mass is 79.9. The molecule has 0 saturated carbocycles. The molecule has 0 unspecified atom stereocenters. The molecule has 0 fully saturated rings. The molecule has 1 heterocycles. The maximum absolute atomic E-state index is 4.34. The van der Waals surface area contributed by atoms with E-state index in [-0.39, 0.29) is 0 Å². The molecule has 0 aliphatic heterocycles. The van der Waals surface area contributed by atoms with Crippen molar-refractivity contribution in [2.45, 2.75) is 20.8 Å². The molecule has 0 saturated heterocycles. The highest BCUT2D eigenvalue weighted by Gasteiger charge is 2.14. The molecule has 14 heavy (non-hydrogen) atoms. The zero-order valence-corrected chi connectivity index (χ0v) is 10.8. The fourth-order valence-corrected chi connectivity index (χ4v) is 1.62. The van der Waals surface area contributed by atoms with Gasteiger partial charge in [0, 0.05) is 24.3 Å². The third kappa shape index (κ3) is 3.66. The predicted molar refractivity (Wildman–Crippen MR) is 64.7 cm³/mol. The number of hydrogen-bond acceptors (Lipinski definition) is 2. The zero-order valence-electron chi connectivity index (χ0n) is 9.21. The van der Waals surface area contributed by atoms with Crippen LogP contribution >= 0.6 is 15.9 Å². The summed E-state index contributed by atoms with van der Waals surface area (Å²) in [7, 11) is 2.07. The van der Waals surface area contributed by atoms with Crippen LogP contribution in [0.15, 0.2) is 22.8 Å². The van der Waals surface area contributed by atoms with Crippen molar-refractivity contribution in [3.05, 3.63) is 22.8 Å². The maximum Gasteiger partial charge on any atom is 0.128 e. The second-order valence-electron chi connectivity index (χ2n) is 4.75. The van der Waals surface area contributed by atoms with E-state index in [1.807, 2.05) is 18.3 Å². The third-order valence-corrected chi connectivity index (χ3v) is 2.28. The summed E-state index contributed by atoms with van der Waals surface area (Å²) < 4.78 is 1.02. The minimum Gasteiger partial charge on any atom is -0.359 e. The lowest BCUT2D eigenvalue weighted by molar-refractivity contribution is 0.418. The smallest absolute Gasteiger partial charge is 0.128 e. The molecule has 78 valence electrons. The highest BCUT2D eigenvalue weighted by Crippen LogP contribution is 2.19. The first-order valence-electron chi connectivity index (χ1n) is 4.71. The van der Waals surface area contributed by atoms with Gasteiger partial charge in [-0.15, -0.1) is 0 Å². The van der Waals surface area contributed by atoms with Crippen molar-refractivity contribution in [3.63, 3.8) is 0 Å². The van der Waals surface area contributed by atoms with Gasteiger partial charge in [-0.1, -0.05) is 20.8 Å². The molecule has 0 N–H and O–H groups in total. The number of aromatic nitrogens is 1. The summed E-state index contributed by atoms with van der Waals surface area (Å²) in [6.45, 7) is 7.68. The van der Waals surface area contributed by atoms with Gasteiger partial charge in [-0.2, -0.15) is 0 Å². The third-order valence-electron chi connectivity index (χ3n) is 1.81. The standard InChI is InChI=1S/C11H17BrN2/c1-11(2,3)8-14(4)10-6-5-9(12)7-13-10/h5-7H,8H2,1-4H3. The Kier molecular flexibility index (Phi) is 3.53. The van der Waals surface area contributed by atoms with Crippen LogP contribution in [-0.4, -0.2) is 18.6 Å². The van der Waals surface area contributed by atoms with Crippen molar-refractivity contribution in [3.8, 4) is 0 Å². The lowest BCUT2D eigenvalue weighted by Crippen LogP contribution is -2.29. The van der Waals surface area contributed by atoms with Crippen LogP contribution < -0.4 is 4.90 Å². The van der Waals surface area contributed by atoms with Crippen molar-refractivity contribution >= 4 is 21.7 Å². The first kappa shape index (κ1) is 11.5. The minimum absolute atomic E-state index is 0.295. The van der Waals surface area contributed by atoms with E-state index in [0.717, 1.165) is 16.8 Å². The van der Waals surface area contributed by atoms with E-state index >= 15 is 0 Å². The van der Waals surface area contributed by atoms with Crippen molar-refractivity contribution < 1.29 is 0 Å². The molecular formula is C11H17BrN2. The number of anilines is 1. The maximum atomic E-state index is 4.34. The molecule has 0 aliphatic carbocycles. The van der Waals surface area contributed by atoms with Gasteiger partial charge in [0.1, 0.15) is 5.82 Å². The van der Waals surface area contributed by atoms with E-state index < -0.39 is 0 Å². The van der Waals surface area contributed by atoms with E-state index in [2.05, 4.69) is 53.6 Å². The zero-order chi connectivity index (χ0) is 10.8. The van der Waals surface area contributed by atoms with Crippen LogP contribution in [0.1, 0.15) is 20.8 Å². The van der Waals surface area contributed by atoms with Gasteiger partial charge in [-0.05, 0) is 33.5 Å². The molecule has 0 spiro atoms. The van der Waals surface area contributed by atoms with E-state index in [4.69, 9.17) is 0 Å². The number of hydrogen-bond donors (Lipinski definition) is 0. The van der Waals surface area contributed by atoms with Crippen molar-refractivity contribution in [1.29, 1.82) is 0 Å². The number of rotatable bonds is 2. The number of pyridine rings is 1. The van der Waals surface area contributed by atoms with E-state index in [0.29, 0.717) is 5.41 Å². The molecule has 0 radical (unpaired) electrons. The van der Waals surface area contributed by atoms with Gasteiger partial charge in [0.25, 0.3) is 0 Å². The van der Waals surface area contributed by atoms with Gasteiger partial charge in [-0.25, -0.2) is 4.98 Å². The van der Waals surface area contributed by atoms with Crippen LogP contribution in [0.5, 0.6) is 0 Å². The lowest BCUT2D eigenvalue weighted by Gasteiger charge is -2.27. The molecule has 0 atom stereocenters. The van der Waals surface area contributed by atoms with Crippen molar-refractivity contribution in [2.75, 3.05) is 18.5 Å². The Morgan fingerprint density at radius 2 is 2.00 bits per heavy atom. The number of nitrogens with zero attached hydrogens (tertiary/aromatic N) is 2. The van der Waals surface area contributed by atoms with E-state index in [9.17, 15) is 0 Å². The quantitative estimate of drug-likeness (QED) is 0.807. The molecule has 2 nitrogen and oxygen atoms in total. The minimum atomic E-state index is 0.295. The SMILES string of the molecule is CN(CC(C)(C)C)c1ccc(Br)cn1. The predicted octanol–water partition coefficient (Wildman–Crippen LogP) is 3.33. The molecule has 1 aromatic rings. The van der Waals surface area contributed by atoms with E-state index in [1.54, 1.807) is 0 Å². The van der Waals surface area contributed by atoms with Crippen molar-refractivity contribution in [1.82, 2.24) is 4.98 Å². The first-order valence-corrected chi connectivity index (χ1v) is 5.50. The second kappa shape index (κ2) is 4.30. The summed E-state index contributed by atoms with van der Waals surface area (Å²) in [5.41, 5.74) is 0.295. The highest BCUT2D eigenvalue weighted by molar-refractivity contribution is 9.10. The second-order valence-corrected chi connectivity index (χ2v) is 5.67. The Morgan fingerprint density at radius 3 is 2.43 bits per heavy atom. The Morgan fingerprint density at radius 1 is 1.36 bits per heavy atom. The monoisotopic (exact) mass is 256 g/mol. The Balaban J connectivity index is 2.70. The van der Waals surface area contributed by atoms with Crippen LogP contribution in [0.2, 0.25) is 0 Å². The Labute approximate surface area is 94.5 Å². The molecule has 0 amide bonds. The number of halogens is 1. The van der Waals surface area contributed by atoms with Crippen LogP contribution in [0.4, 0.5) is 5.82 Å². The molecule has 1 rings (SSSR count).